The van der Waals surface area contributed by atoms with Crippen molar-refractivity contribution >= 4 is 15.9 Å². The molecule has 0 unspecified atom stereocenters. The van der Waals surface area contributed by atoms with Gasteiger partial charge in [-0.1, -0.05) is 34.1 Å². The molecule has 21 heavy (non-hydrogen) atoms. The van der Waals surface area contributed by atoms with Gasteiger partial charge in [-0.2, -0.15) is 5.26 Å². The number of ether oxygens (including phenoxy) is 1. The standard InChI is InChI=1S/C16H11BrN2O2/c17-10-3-1-2-9(6-10)15-12-5-4-11(20)7-14(12)21-16(19)13(15)8-18/h1-7,15,20H,19H2/t15-/m1/s1. The van der Waals surface area contributed by atoms with Crippen molar-refractivity contribution in [3.8, 4) is 17.6 Å². The van der Waals surface area contributed by atoms with Crippen molar-refractivity contribution in [3.05, 3.63) is 69.5 Å². The van der Waals surface area contributed by atoms with Crippen molar-refractivity contribution < 1.29 is 9.84 Å². The summed E-state index contributed by atoms with van der Waals surface area (Å²) >= 11 is 3.44. The molecule has 1 atom stereocenters. The fourth-order valence-corrected chi connectivity index (χ4v) is 2.89. The SMILES string of the molecule is N#CC1=C(N)Oc2cc(O)ccc2[C@H]1c1cccc(Br)c1. The number of nitriles is 1. The first kappa shape index (κ1) is 13.5. The van der Waals surface area contributed by atoms with Gasteiger partial charge in [-0.15, -0.1) is 0 Å². The monoisotopic (exact) mass is 342 g/mol. The molecule has 2 aromatic carbocycles. The molecule has 4 nitrogen and oxygen atoms in total. The fourth-order valence-electron chi connectivity index (χ4n) is 2.47. The molecule has 1 heterocycles. The molecule has 1 aliphatic rings. The number of halogens is 1. The maximum Gasteiger partial charge on any atom is 0.205 e. The molecule has 5 heteroatoms. The number of hydrogen-bond acceptors (Lipinski definition) is 4. The Bertz CT molecular complexity index is 793. The molecule has 0 aliphatic carbocycles. The summed E-state index contributed by atoms with van der Waals surface area (Å²) in [6, 6.07) is 14.6. The van der Waals surface area contributed by atoms with Gasteiger partial charge in [0.2, 0.25) is 5.88 Å². The van der Waals surface area contributed by atoms with E-state index in [4.69, 9.17) is 10.5 Å². The Labute approximate surface area is 130 Å². The van der Waals surface area contributed by atoms with Crippen LogP contribution in [0.2, 0.25) is 0 Å². The molecule has 3 N–H and O–H groups in total. The van der Waals surface area contributed by atoms with Crippen LogP contribution in [0.4, 0.5) is 0 Å². The number of nitrogens with two attached hydrogens (primary N) is 1. The number of benzene rings is 2. The lowest BCUT2D eigenvalue weighted by molar-refractivity contribution is 0.388. The van der Waals surface area contributed by atoms with Gasteiger partial charge in [0, 0.05) is 16.1 Å². The highest BCUT2D eigenvalue weighted by atomic mass is 79.9. The average Bonchev–Trinajstić information content (AvgIpc) is 2.45. The van der Waals surface area contributed by atoms with E-state index in [1.54, 1.807) is 12.1 Å². The normalized spacial score (nSPS) is 16.9. The molecular weight excluding hydrogens is 332 g/mol. The van der Waals surface area contributed by atoms with Gasteiger partial charge in [0.25, 0.3) is 0 Å². The topological polar surface area (TPSA) is 79.3 Å². The molecule has 0 amide bonds. The Hall–Kier alpha value is -2.45. The van der Waals surface area contributed by atoms with Gasteiger partial charge >= 0.3 is 0 Å². The lowest BCUT2D eigenvalue weighted by atomic mass is 9.83. The van der Waals surface area contributed by atoms with E-state index in [0.29, 0.717) is 11.3 Å². The molecule has 3 rings (SSSR count). The fraction of sp³-hybridized carbons (Fsp3) is 0.0625. The second-order valence-corrected chi connectivity index (χ2v) is 5.62. The van der Waals surface area contributed by atoms with Gasteiger partial charge in [-0.3, -0.25) is 0 Å². The highest BCUT2D eigenvalue weighted by molar-refractivity contribution is 9.10. The van der Waals surface area contributed by atoms with Crippen LogP contribution in [0.5, 0.6) is 11.5 Å². The summed E-state index contributed by atoms with van der Waals surface area (Å²) in [5.74, 6) is 0.323. The molecule has 0 radical (unpaired) electrons. The summed E-state index contributed by atoms with van der Waals surface area (Å²) < 4.78 is 6.38. The zero-order valence-corrected chi connectivity index (χ0v) is 12.5. The highest BCUT2D eigenvalue weighted by Crippen LogP contribution is 2.43. The minimum Gasteiger partial charge on any atom is -0.508 e. The minimum atomic E-state index is -0.308. The molecule has 104 valence electrons. The van der Waals surface area contributed by atoms with Gasteiger partial charge in [-0.05, 0) is 23.8 Å². The lowest BCUT2D eigenvalue weighted by Gasteiger charge is -2.26. The Morgan fingerprint density at radius 1 is 1.24 bits per heavy atom. The average molecular weight is 343 g/mol. The number of nitrogens with zero attached hydrogens (tertiary/aromatic N) is 1. The van der Waals surface area contributed by atoms with Gasteiger partial charge in [0.15, 0.2) is 0 Å². The number of fused-ring (bicyclic) bond motifs is 1. The van der Waals surface area contributed by atoms with Crippen LogP contribution in [-0.2, 0) is 0 Å². The van der Waals surface area contributed by atoms with E-state index in [9.17, 15) is 10.4 Å². The van der Waals surface area contributed by atoms with Crippen LogP contribution < -0.4 is 10.5 Å². The highest BCUT2D eigenvalue weighted by Gasteiger charge is 2.30. The summed E-state index contributed by atoms with van der Waals surface area (Å²) in [6.07, 6.45) is 0. The first-order valence-electron chi connectivity index (χ1n) is 6.26. The third-order valence-electron chi connectivity index (χ3n) is 3.38. The van der Waals surface area contributed by atoms with Crippen molar-refractivity contribution in [2.24, 2.45) is 5.73 Å². The minimum absolute atomic E-state index is 0.0700. The van der Waals surface area contributed by atoms with Crippen molar-refractivity contribution in [3.63, 3.8) is 0 Å². The van der Waals surface area contributed by atoms with Gasteiger partial charge < -0.3 is 15.6 Å². The van der Waals surface area contributed by atoms with Crippen LogP contribution in [0, 0.1) is 11.3 Å². The molecule has 0 spiro atoms. The Morgan fingerprint density at radius 3 is 2.76 bits per heavy atom. The van der Waals surface area contributed by atoms with Crippen LogP contribution in [0.15, 0.2) is 58.4 Å². The van der Waals surface area contributed by atoms with E-state index in [2.05, 4.69) is 22.0 Å². The van der Waals surface area contributed by atoms with Crippen molar-refractivity contribution in [2.45, 2.75) is 5.92 Å². The molecule has 2 aromatic rings. The second-order valence-electron chi connectivity index (χ2n) is 4.70. The van der Waals surface area contributed by atoms with Gasteiger partial charge in [0.1, 0.15) is 23.1 Å². The van der Waals surface area contributed by atoms with Crippen LogP contribution in [0.3, 0.4) is 0 Å². The Morgan fingerprint density at radius 2 is 2.05 bits per heavy atom. The molecule has 0 bridgehead atoms. The predicted molar refractivity (Wildman–Crippen MR) is 81.5 cm³/mol. The van der Waals surface area contributed by atoms with E-state index in [0.717, 1.165) is 15.6 Å². The van der Waals surface area contributed by atoms with Crippen LogP contribution in [0.1, 0.15) is 17.0 Å². The molecule has 0 fully saturated rings. The molecule has 0 saturated heterocycles. The van der Waals surface area contributed by atoms with Gasteiger partial charge in [0.05, 0.1) is 5.92 Å². The number of phenolic OH excluding ortho intramolecular Hbond substituents is 1. The Kier molecular flexibility index (Phi) is 3.32. The first-order chi connectivity index (χ1) is 10.1. The second kappa shape index (κ2) is 5.15. The van der Waals surface area contributed by atoms with Crippen LogP contribution in [-0.4, -0.2) is 5.11 Å². The lowest BCUT2D eigenvalue weighted by Crippen LogP contribution is -2.20. The van der Waals surface area contributed by atoms with E-state index < -0.39 is 0 Å². The number of phenols is 1. The van der Waals surface area contributed by atoms with Crippen molar-refractivity contribution in [2.75, 3.05) is 0 Å². The van der Waals surface area contributed by atoms with E-state index in [1.165, 1.54) is 6.07 Å². The predicted octanol–water partition coefficient (Wildman–Crippen LogP) is 3.37. The van der Waals surface area contributed by atoms with E-state index in [-0.39, 0.29) is 17.6 Å². The largest absolute Gasteiger partial charge is 0.508 e. The van der Waals surface area contributed by atoms with Crippen LogP contribution >= 0.6 is 15.9 Å². The summed E-state index contributed by atoms with van der Waals surface area (Å²) in [6.45, 7) is 0. The van der Waals surface area contributed by atoms with Crippen LogP contribution in [0.25, 0.3) is 0 Å². The summed E-state index contributed by atoms with van der Waals surface area (Å²) in [4.78, 5) is 0. The molecule has 0 aromatic heterocycles. The number of aromatic hydroxyl groups is 1. The zero-order valence-electron chi connectivity index (χ0n) is 10.9. The van der Waals surface area contributed by atoms with Crippen molar-refractivity contribution in [1.82, 2.24) is 0 Å². The quantitative estimate of drug-likeness (QED) is 0.832. The van der Waals surface area contributed by atoms with Crippen molar-refractivity contribution in [1.29, 1.82) is 5.26 Å². The molecule has 0 saturated carbocycles. The number of hydrogen-bond donors (Lipinski definition) is 2. The maximum absolute atomic E-state index is 9.59. The maximum atomic E-state index is 9.59. The van der Waals surface area contributed by atoms with E-state index in [1.807, 2.05) is 24.3 Å². The molecular formula is C16H11BrN2O2. The van der Waals surface area contributed by atoms with Gasteiger partial charge in [-0.25, -0.2) is 0 Å². The number of rotatable bonds is 1. The summed E-state index contributed by atoms with van der Waals surface area (Å²) in [5, 5.41) is 19.0. The van der Waals surface area contributed by atoms with E-state index >= 15 is 0 Å². The third kappa shape index (κ3) is 2.34. The molecule has 1 aliphatic heterocycles. The summed E-state index contributed by atoms with van der Waals surface area (Å²) in [7, 11) is 0. The smallest absolute Gasteiger partial charge is 0.205 e. The first-order valence-corrected chi connectivity index (χ1v) is 7.05. The Balaban J connectivity index is 2.24. The number of allylic oxidation sites excluding steroid dienone is 1. The summed E-state index contributed by atoms with van der Waals surface area (Å²) in [5.41, 5.74) is 7.96. The third-order valence-corrected chi connectivity index (χ3v) is 3.88. The zero-order chi connectivity index (χ0) is 15.0.